The monoisotopic (exact) mass is 86.1 g/mol. The van der Waals surface area contributed by atoms with Gasteiger partial charge in [-0.1, -0.05) is 6.92 Å². The van der Waals surface area contributed by atoms with Crippen LogP contribution in [0, 0.1) is 19.3 Å². The van der Waals surface area contributed by atoms with Crippen molar-refractivity contribution < 1.29 is 5.11 Å². The van der Waals surface area contributed by atoms with Crippen molar-refractivity contribution in [3.8, 4) is 0 Å². The molecule has 0 aliphatic heterocycles. The molecule has 2 radical (unpaired) electrons. The molecule has 0 saturated heterocycles. The molecule has 36 valence electrons. The summed E-state index contributed by atoms with van der Waals surface area (Å²) in [5.74, 6) is 0. The van der Waals surface area contributed by atoms with Crippen LogP contribution in [0.2, 0.25) is 0 Å². The van der Waals surface area contributed by atoms with E-state index >= 15 is 0 Å². The van der Waals surface area contributed by atoms with Crippen LogP contribution in [0.5, 0.6) is 0 Å². The van der Waals surface area contributed by atoms with E-state index in [4.69, 9.17) is 5.11 Å². The van der Waals surface area contributed by atoms with E-state index in [-0.39, 0.29) is 6.61 Å². The lowest BCUT2D eigenvalue weighted by Gasteiger charge is -2.10. The number of hydrogen-bond acceptors (Lipinski definition) is 1. The standard InChI is InChI=1S/C5H10O/c1-5(2,3)4-6/h6H,1-2,4H2,3H3. The number of aliphatic hydroxyl groups excluding tert-OH is 1. The van der Waals surface area contributed by atoms with E-state index in [9.17, 15) is 0 Å². The second-order valence-corrected chi connectivity index (χ2v) is 1.97. The summed E-state index contributed by atoms with van der Waals surface area (Å²) < 4.78 is 0. The van der Waals surface area contributed by atoms with Gasteiger partial charge in [0.15, 0.2) is 0 Å². The van der Waals surface area contributed by atoms with Gasteiger partial charge in [-0.2, -0.15) is 0 Å². The van der Waals surface area contributed by atoms with Crippen LogP contribution in [-0.4, -0.2) is 11.7 Å². The van der Waals surface area contributed by atoms with Gasteiger partial charge in [0.2, 0.25) is 0 Å². The van der Waals surface area contributed by atoms with Crippen LogP contribution in [-0.2, 0) is 0 Å². The van der Waals surface area contributed by atoms with E-state index in [1.54, 1.807) is 6.92 Å². The third-order valence-corrected chi connectivity index (χ3v) is 0.382. The first kappa shape index (κ1) is 5.96. The van der Waals surface area contributed by atoms with E-state index < -0.39 is 5.41 Å². The second kappa shape index (κ2) is 1.61. The predicted molar refractivity (Wildman–Crippen MR) is 25.9 cm³/mol. The summed E-state index contributed by atoms with van der Waals surface area (Å²) >= 11 is 0. The molecule has 1 heteroatoms. The molecule has 0 fully saturated rings. The molecular formula is C5H10O. The minimum absolute atomic E-state index is 0.0486. The molecule has 0 bridgehead atoms. The fourth-order valence-electron chi connectivity index (χ4n) is 0. The lowest BCUT2D eigenvalue weighted by Crippen LogP contribution is -2.10. The molecule has 6 heavy (non-hydrogen) atoms. The molecule has 0 unspecified atom stereocenters. The van der Waals surface area contributed by atoms with Crippen LogP contribution >= 0.6 is 0 Å². The zero-order chi connectivity index (χ0) is 5.21. The van der Waals surface area contributed by atoms with E-state index in [1.807, 2.05) is 0 Å². The maximum atomic E-state index is 8.28. The van der Waals surface area contributed by atoms with Crippen molar-refractivity contribution in [3.05, 3.63) is 13.8 Å². The van der Waals surface area contributed by atoms with E-state index in [2.05, 4.69) is 13.8 Å². The summed E-state index contributed by atoms with van der Waals surface area (Å²) in [6.45, 7) is 8.88. The van der Waals surface area contributed by atoms with Crippen LogP contribution in [0.15, 0.2) is 0 Å². The van der Waals surface area contributed by atoms with Crippen LogP contribution in [0.1, 0.15) is 6.92 Å². The van der Waals surface area contributed by atoms with E-state index in [1.165, 1.54) is 0 Å². The first-order valence-electron chi connectivity index (χ1n) is 1.88. The first-order valence-corrected chi connectivity index (χ1v) is 1.88. The minimum Gasteiger partial charge on any atom is -0.396 e. The first-order chi connectivity index (χ1) is 2.56. The molecule has 1 N–H and O–H groups in total. The Hall–Kier alpha value is -0.0400. The molecule has 0 rings (SSSR count). The molecule has 0 saturated carbocycles. The highest BCUT2D eigenvalue weighted by molar-refractivity contribution is 4.76. The molecule has 0 aliphatic rings. The van der Waals surface area contributed by atoms with Crippen molar-refractivity contribution >= 4 is 0 Å². The summed E-state index contributed by atoms with van der Waals surface area (Å²) in [6.07, 6.45) is 0. The third kappa shape index (κ3) is 3.96. The molecule has 0 aliphatic carbocycles. The van der Waals surface area contributed by atoms with Gasteiger partial charge in [-0.25, -0.2) is 0 Å². The summed E-state index contributed by atoms with van der Waals surface area (Å²) in [5, 5.41) is 8.28. The highest BCUT2D eigenvalue weighted by Crippen LogP contribution is 2.07. The van der Waals surface area contributed by atoms with Gasteiger partial charge < -0.3 is 5.11 Å². The molecule has 0 aromatic rings. The maximum absolute atomic E-state index is 8.28. The molecule has 0 aromatic carbocycles. The van der Waals surface area contributed by atoms with Gasteiger partial charge in [0.25, 0.3) is 0 Å². The van der Waals surface area contributed by atoms with Crippen LogP contribution < -0.4 is 0 Å². The fraction of sp³-hybridized carbons (Fsp3) is 0.600. The minimum atomic E-state index is -0.403. The number of rotatable bonds is 1. The van der Waals surface area contributed by atoms with Gasteiger partial charge in [-0.15, -0.1) is 0 Å². The van der Waals surface area contributed by atoms with Gasteiger partial charge in [-0.3, -0.25) is 0 Å². The molecule has 0 atom stereocenters. The normalized spacial score (nSPS) is 12.0. The van der Waals surface area contributed by atoms with E-state index in [0.29, 0.717) is 0 Å². The Morgan fingerprint density at radius 1 is 1.67 bits per heavy atom. The Morgan fingerprint density at radius 3 is 1.83 bits per heavy atom. The van der Waals surface area contributed by atoms with E-state index in [0.717, 1.165) is 0 Å². The van der Waals surface area contributed by atoms with Gasteiger partial charge in [0, 0.05) is 6.61 Å². The smallest absolute Gasteiger partial charge is 0.0484 e. The highest BCUT2D eigenvalue weighted by Gasteiger charge is 2.05. The van der Waals surface area contributed by atoms with Crippen LogP contribution in [0.3, 0.4) is 0 Å². The average molecular weight is 86.1 g/mol. The molecule has 1 nitrogen and oxygen atoms in total. The largest absolute Gasteiger partial charge is 0.396 e. The van der Waals surface area contributed by atoms with Gasteiger partial charge in [0.05, 0.1) is 0 Å². The lowest BCUT2D eigenvalue weighted by atomic mass is 9.99. The van der Waals surface area contributed by atoms with Crippen LogP contribution in [0.25, 0.3) is 0 Å². The quantitative estimate of drug-likeness (QED) is 0.497. The zero-order valence-electron chi connectivity index (χ0n) is 4.07. The molecular weight excluding hydrogens is 76.1 g/mol. The Bertz CT molecular complexity index is 33.7. The van der Waals surface area contributed by atoms with Crippen molar-refractivity contribution in [2.24, 2.45) is 5.41 Å². The Kier molecular flexibility index (Phi) is 1.59. The maximum Gasteiger partial charge on any atom is 0.0484 e. The highest BCUT2D eigenvalue weighted by atomic mass is 16.3. The summed E-state index contributed by atoms with van der Waals surface area (Å²) in [4.78, 5) is 0. The molecule has 0 heterocycles. The Balaban J connectivity index is 3.17. The number of aliphatic hydroxyl groups is 1. The van der Waals surface area contributed by atoms with Gasteiger partial charge in [-0.05, 0) is 19.3 Å². The predicted octanol–water partition coefficient (Wildman–Crippen LogP) is 0.653. The zero-order valence-corrected chi connectivity index (χ0v) is 4.07. The topological polar surface area (TPSA) is 20.2 Å². The SMILES string of the molecule is [CH2]C([CH2])(C)CO. The average Bonchev–Trinajstić information content (AvgIpc) is 1.35. The van der Waals surface area contributed by atoms with Gasteiger partial charge in [0.1, 0.15) is 0 Å². The third-order valence-electron chi connectivity index (χ3n) is 0.382. The van der Waals surface area contributed by atoms with Crippen molar-refractivity contribution in [1.29, 1.82) is 0 Å². The summed E-state index contributed by atoms with van der Waals surface area (Å²) in [7, 11) is 0. The molecule has 0 aromatic heterocycles. The van der Waals surface area contributed by atoms with Crippen molar-refractivity contribution in [1.82, 2.24) is 0 Å². The van der Waals surface area contributed by atoms with Gasteiger partial charge >= 0.3 is 0 Å². The number of hydrogen-bond donors (Lipinski definition) is 1. The molecule has 0 spiro atoms. The van der Waals surface area contributed by atoms with Crippen LogP contribution in [0.4, 0.5) is 0 Å². The van der Waals surface area contributed by atoms with Crippen molar-refractivity contribution in [2.75, 3.05) is 6.61 Å². The van der Waals surface area contributed by atoms with Crippen molar-refractivity contribution in [3.63, 3.8) is 0 Å². The Labute approximate surface area is 39.0 Å². The summed E-state index contributed by atoms with van der Waals surface area (Å²) in [5.41, 5.74) is -0.403. The fourth-order valence-corrected chi connectivity index (χ4v) is 0. The second-order valence-electron chi connectivity index (χ2n) is 1.97. The molecule has 0 amide bonds. The lowest BCUT2D eigenvalue weighted by molar-refractivity contribution is 0.216. The van der Waals surface area contributed by atoms with Crippen molar-refractivity contribution in [2.45, 2.75) is 6.92 Å². The summed E-state index contributed by atoms with van der Waals surface area (Å²) in [6, 6.07) is 0. The Morgan fingerprint density at radius 2 is 1.83 bits per heavy atom.